The molecule has 4 saturated carbocycles. The van der Waals surface area contributed by atoms with E-state index in [1.165, 1.54) is 5.57 Å². The van der Waals surface area contributed by atoms with Crippen LogP contribution in [0.15, 0.2) is 41.5 Å². The molecule has 5 aliphatic carbocycles. The summed E-state index contributed by atoms with van der Waals surface area (Å²) in [7, 11) is 1.96. The zero-order valence-corrected chi connectivity index (χ0v) is 34.8. The van der Waals surface area contributed by atoms with E-state index in [4.69, 9.17) is 4.74 Å². The fourth-order valence-electron chi connectivity index (χ4n) is 13.5. The Morgan fingerprint density at radius 3 is 2.19 bits per heavy atom. The van der Waals surface area contributed by atoms with Crippen LogP contribution in [0.1, 0.15) is 138 Å². The van der Waals surface area contributed by atoms with E-state index < -0.39 is 35.0 Å². The van der Waals surface area contributed by atoms with Crippen LogP contribution in [0, 0.1) is 56.2 Å². The second kappa shape index (κ2) is 14.1. The van der Waals surface area contributed by atoms with Crippen molar-refractivity contribution in [3.63, 3.8) is 0 Å². The van der Waals surface area contributed by atoms with Gasteiger partial charge in [0.1, 0.15) is 6.10 Å². The van der Waals surface area contributed by atoms with E-state index in [9.17, 15) is 29.7 Å². The zero-order valence-electron chi connectivity index (χ0n) is 34.8. The predicted molar refractivity (Wildman–Crippen MR) is 210 cm³/mol. The molecule has 1 aromatic carbocycles. The molecule has 1 unspecified atom stereocenters. The van der Waals surface area contributed by atoms with Crippen LogP contribution >= 0.6 is 0 Å². The van der Waals surface area contributed by atoms with Gasteiger partial charge in [0.15, 0.2) is 5.78 Å². The SMILES string of the molecule is CC(C)C1=C2[C@H]3CC[C@@H]4[C@@]5(C)CC[C@H](OC(=O)CC(C)(C)C(=O)O)C(C)(C)[C@@H]5CC[C@@]4(C)[C@]3(C)CC[C@@]2([C@H](O)CN(C)CC(O)c2ccccc2)CC1=O. The molecular formula is C46H69NO7. The lowest BCUT2D eigenvalue weighted by molar-refractivity contribution is -0.235. The highest BCUT2D eigenvalue weighted by Crippen LogP contribution is 2.77. The van der Waals surface area contributed by atoms with E-state index in [1.807, 2.05) is 42.3 Å². The Morgan fingerprint density at radius 1 is 0.889 bits per heavy atom. The number of ketones is 1. The first kappa shape index (κ1) is 41.1. The van der Waals surface area contributed by atoms with Crippen LogP contribution in [0.5, 0.6) is 0 Å². The maximum absolute atomic E-state index is 14.1. The smallest absolute Gasteiger partial charge is 0.309 e. The monoisotopic (exact) mass is 748 g/mol. The van der Waals surface area contributed by atoms with Crippen molar-refractivity contribution in [2.75, 3.05) is 20.1 Å². The molecule has 1 aromatic rings. The topological polar surface area (TPSA) is 124 Å². The van der Waals surface area contributed by atoms with Gasteiger partial charge in [0.25, 0.3) is 0 Å². The number of carbonyl (C=O) groups is 3. The Bertz CT molecular complexity index is 1650. The highest BCUT2D eigenvalue weighted by molar-refractivity contribution is 6.00. The van der Waals surface area contributed by atoms with Crippen LogP contribution in [-0.4, -0.2) is 70.3 Å². The maximum Gasteiger partial charge on any atom is 0.309 e. The zero-order chi connectivity index (χ0) is 39.8. The predicted octanol–water partition coefficient (Wildman–Crippen LogP) is 8.41. The third-order valence-corrected chi connectivity index (χ3v) is 16.7. The van der Waals surface area contributed by atoms with Crippen LogP contribution in [0.4, 0.5) is 0 Å². The van der Waals surface area contributed by atoms with Gasteiger partial charge < -0.3 is 25.0 Å². The summed E-state index contributed by atoms with van der Waals surface area (Å²) in [5.74, 6) is -0.0926. The van der Waals surface area contributed by atoms with Crippen molar-refractivity contribution in [1.29, 1.82) is 0 Å². The van der Waals surface area contributed by atoms with Crippen molar-refractivity contribution in [2.24, 2.45) is 56.2 Å². The minimum Gasteiger partial charge on any atom is -0.481 e. The maximum atomic E-state index is 14.1. The molecule has 0 aliphatic heterocycles. The summed E-state index contributed by atoms with van der Waals surface area (Å²) in [6.45, 7) is 20.3. The van der Waals surface area contributed by atoms with Gasteiger partial charge >= 0.3 is 11.9 Å². The normalized spacial score (nSPS) is 37.3. The van der Waals surface area contributed by atoms with Crippen molar-refractivity contribution in [1.82, 2.24) is 4.90 Å². The number of aliphatic hydroxyl groups is 2. The summed E-state index contributed by atoms with van der Waals surface area (Å²) in [6, 6.07) is 9.66. The number of fused-ring (bicyclic) bond motifs is 7. The summed E-state index contributed by atoms with van der Waals surface area (Å²) in [5.41, 5.74) is 1.09. The van der Waals surface area contributed by atoms with Crippen molar-refractivity contribution in [2.45, 2.75) is 145 Å². The third-order valence-electron chi connectivity index (χ3n) is 16.7. The Labute approximate surface area is 324 Å². The number of hydrogen-bond donors (Lipinski definition) is 3. The van der Waals surface area contributed by atoms with Crippen molar-refractivity contribution in [3.05, 3.63) is 47.0 Å². The van der Waals surface area contributed by atoms with Crippen LogP contribution in [0.2, 0.25) is 0 Å². The molecule has 6 rings (SSSR count). The van der Waals surface area contributed by atoms with Gasteiger partial charge in [0.2, 0.25) is 0 Å². The minimum absolute atomic E-state index is 0.0285. The molecule has 0 bridgehead atoms. The molecule has 8 heteroatoms. The van der Waals surface area contributed by atoms with Crippen molar-refractivity contribution >= 4 is 17.7 Å². The number of likely N-dealkylation sites (N-methyl/N-ethyl adjacent to an activating group) is 1. The highest BCUT2D eigenvalue weighted by atomic mass is 16.5. The largest absolute Gasteiger partial charge is 0.481 e. The fourth-order valence-corrected chi connectivity index (χ4v) is 13.5. The number of benzene rings is 1. The number of ether oxygens (including phenoxy) is 1. The van der Waals surface area contributed by atoms with Gasteiger partial charge in [0, 0.05) is 30.3 Å². The van der Waals surface area contributed by atoms with Gasteiger partial charge in [0.05, 0.1) is 24.0 Å². The van der Waals surface area contributed by atoms with Crippen molar-refractivity contribution in [3.8, 4) is 0 Å². The number of carbonyl (C=O) groups excluding carboxylic acids is 2. The molecule has 300 valence electrons. The van der Waals surface area contributed by atoms with Crippen LogP contribution in [-0.2, 0) is 19.1 Å². The Hall–Kier alpha value is -2.55. The molecule has 5 aliphatic rings. The first-order valence-electron chi connectivity index (χ1n) is 20.9. The molecule has 0 saturated heterocycles. The van der Waals surface area contributed by atoms with Crippen molar-refractivity contribution < 1.29 is 34.4 Å². The average Bonchev–Trinajstić information content (AvgIpc) is 3.39. The van der Waals surface area contributed by atoms with E-state index in [-0.39, 0.29) is 51.8 Å². The molecule has 0 aromatic heterocycles. The van der Waals surface area contributed by atoms with Gasteiger partial charge in [-0.15, -0.1) is 0 Å². The number of carboxylic acids is 1. The number of aliphatic hydroxyl groups excluding tert-OH is 2. The van der Waals surface area contributed by atoms with E-state index in [2.05, 4.69) is 48.5 Å². The lowest BCUT2D eigenvalue weighted by Gasteiger charge is -2.72. The van der Waals surface area contributed by atoms with E-state index >= 15 is 0 Å². The lowest BCUT2D eigenvalue weighted by atomic mass is 9.33. The van der Waals surface area contributed by atoms with Gasteiger partial charge in [-0.3, -0.25) is 14.4 Å². The molecule has 0 spiro atoms. The molecule has 4 fully saturated rings. The Kier molecular flexibility index (Phi) is 10.8. The molecule has 0 radical (unpaired) electrons. The number of hydrogen-bond acceptors (Lipinski definition) is 7. The molecule has 54 heavy (non-hydrogen) atoms. The summed E-state index contributed by atoms with van der Waals surface area (Å²) in [5, 5.41) is 33.0. The first-order valence-corrected chi connectivity index (χ1v) is 20.9. The summed E-state index contributed by atoms with van der Waals surface area (Å²) < 4.78 is 6.17. The number of carboxylic acid groups (broad SMARTS) is 1. The summed E-state index contributed by atoms with van der Waals surface area (Å²) in [4.78, 5) is 41.0. The Morgan fingerprint density at radius 2 is 1.56 bits per heavy atom. The van der Waals surface area contributed by atoms with E-state index in [1.54, 1.807) is 13.8 Å². The standard InChI is InChI=1S/C46H69NO7/c1-28(2)38-31(48)24-46(35(50)27-47(10)26-32(49)29-14-12-11-13-15-29)23-22-44(8)30(39(38)46)16-17-34-43(7)20-19-36(54-37(51)25-41(3,4)40(52)53)42(5,6)33(43)18-21-45(34,44)9/h11-15,28,30,32-36,49-50H,16-27H2,1-10H3,(H,52,53)/t30-,32?,33+,34-,35-,36+,43+,44-,45-,46+/m1/s1. The van der Waals surface area contributed by atoms with E-state index in [0.717, 1.165) is 62.5 Å². The quantitative estimate of drug-likeness (QED) is 0.193. The number of aliphatic carboxylic acids is 1. The Balaban J connectivity index is 1.26. The molecule has 0 heterocycles. The molecular weight excluding hydrogens is 679 g/mol. The molecule has 3 N–H and O–H groups in total. The number of rotatable bonds is 11. The molecule has 10 atom stereocenters. The number of allylic oxidation sites excluding steroid dienone is 1. The number of nitrogens with zero attached hydrogens (tertiary/aromatic N) is 1. The summed E-state index contributed by atoms with van der Waals surface area (Å²) in [6.07, 6.45) is 6.23. The van der Waals surface area contributed by atoms with E-state index in [0.29, 0.717) is 31.3 Å². The second-order valence-corrected chi connectivity index (χ2v) is 20.7. The molecule has 8 nitrogen and oxygen atoms in total. The van der Waals surface area contributed by atoms with Gasteiger partial charge in [-0.2, -0.15) is 0 Å². The van der Waals surface area contributed by atoms with Crippen LogP contribution < -0.4 is 0 Å². The molecule has 0 amide bonds. The lowest BCUT2D eigenvalue weighted by Crippen LogP contribution is -2.66. The summed E-state index contributed by atoms with van der Waals surface area (Å²) >= 11 is 0. The van der Waals surface area contributed by atoms with Crippen LogP contribution in [0.25, 0.3) is 0 Å². The van der Waals surface area contributed by atoms with Gasteiger partial charge in [-0.05, 0) is 123 Å². The highest BCUT2D eigenvalue weighted by Gasteiger charge is 2.70. The third kappa shape index (κ3) is 6.42. The van der Waals surface area contributed by atoms with Gasteiger partial charge in [-0.25, -0.2) is 0 Å². The number of esters is 1. The minimum atomic E-state index is -1.17. The average molecular weight is 748 g/mol. The first-order chi connectivity index (χ1) is 25.0. The number of Topliss-reactive ketones (excluding diaryl/α,β-unsaturated/α-hetero) is 1. The fraction of sp³-hybridized carbons (Fsp3) is 0.761. The van der Waals surface area contributed by atoms with Crippen LogP contribution in [0.3, 0.4) is 0 Å². The van der Waals surface area contributed by atoms with Gasteiger partial charge in [-0.1, -0.05) is 84.4 Å². The second-order valence-electron chi connectivity index (χ2n) is 20.7.